The summed E-state index contributed by atoms with van der Waals surface area (Å²) in [5.74, 6) is -0.331. The lowest BCUT2D eigenvalue weighted by molar-refractivity contribution is -0.136. The predicted molar refractivity (Wildman–Crippen MR) is 53.5 cm³/mol. The Morgan fingerprint density at radius 1 is 1.50 bits per heavy atom. The molecule has 0 spiro atoms. The lowest BCUT2D eigenvalue weighted by Crippen LogP contribution is -2.36. The Bertz CT molecular complexity index is 376. The number of carbonyl (C=O) groups is 2. The highest BCUT2D eigenvalue weighted by molar-refractivity contribution is 5.74. The van der Waals surface area contributed by atoms with E-state index in [0.29, 0.717) is 5.82 Å². The second-order valence-corrected chi connectivity index (χ2v) is 3.11. The number of amides is 2. The molecule has 0 radical (unpaired) electrons. The molecule has 0 aliphatic carbocycles. The highest BCUT2D eigenvalue weighted by Gasteiger charge is 2.04. The smallest absolute Gasteiger partial charge is 0.315 e. The molecule has 8 nitrogen and oxygen atoms in total. The van der Waals surface area contributed by atoms with Crippen molar-refractivity contribution >= 4 is 12.0 Å². The fourth-order valence-electron chi connectivity index (χ4n) is 0.972. The number of urea groups is 1. The van der Waals surface area contributed by atoms with Crippen molar-refractivity contribution in [3.63, 3.8) is 0 Å². The van der Waals surface area contributed by atoms with Gasteiger partial charge in [-0.25, -0.2) is 4.79 Å². The summed E-state index contributed by atoms with van der Waals surface area (Å²) in [6.45, 7) is 0.343. The van der Waals surface area contributed by atoms with E-state index in [-0.39, 0.29) is 19.5 Å². The molecule has 0 atom stereocenters. The third kappa shape index (κ3) is 3.95. The van der Waals surface area contributed by atoms with Crippen LogP contribution in [0.5, 0.6) is 0 Å². The number of aliphatic carboxylic acids is 1. The number of aromatic nitrogens is 3. The highest BCUT2D eigenvalue weighted by Crippen LogP contribution is 1.89. The Morgan fingerprint density at radius 3 is 2.81 bits per heavy atom. The quantitative estimate of drug-likeness (QED) is 0.603. The lowest BCUT2D eigenvalue weighted by Gasteiger charge is -2.05. The Labute approximate surface area is 91.7 Å². The number of hydrogen-bond donors (Lipinski definition) is 3. The van der Waals surface area contributed by atoms with Crippen LogP contribution < -0.4 is 10.6 Å². The molecule has 0 fully saturated rings. The second kappa shape index (κ2) is 5.69. The van der Waals surface area contributed by atoms with E-state index in [9.17, 15) is 9.59 Å². The highest BCUT2D eigenvalue weighted by atomic mass is 16.4. The number of hydrogen-bond acceptors (Lipinski definition) is 4. The summed E-state index contributed by atoms with van der Waals surface area (Å²) in [5.41, 5.74) is 0. The maximum Gasteiger partial charge on any atom is 0.315 e. The van der Waals surface area contributed by atoms with Crippen LogP contribution in [0.3, 0.4) is 0 Å². The zero-order chi connectivity index (χ0) is 12.0. The summed E-state index contributed by atoms with van der Waals surface area (Å²) in [7, 11) is 1.76. The van der Waals surface area contributed by atoms with Gasteiger partial charge in [-0.1, -0.05) is 0 Å². The molecular formula is C8H13N5O3. The molecule has 1 heterocycles. The molecule has 0 saturated carbocycles. The molecule has 8 heteroatoms. The van der Waals surface area contributed by atoms with Crippen molar-refractivity contribution in [1.29, 1.82) is 0 Å². The van der Waals surface area contributed by atoms with E-state index in [0.717, 1.165) is 0 Å². The number of nitrogens with zero attached hydrogens (tertiary/aromatic N) is 3. The number of nitrogens with one attached hydrogen (secondary N) is 2. The molecule has 0 unspecified atom stereocenters. The largest absolute Gasteiger partial charge is 0.481 e. The summed E-state index contributed by atoms with van der Waals surface area (Å²) >= 11 is 0. The Balaban J connectivity index is 2.20. The Morgan fingerprint density at radius 2 is 2.25 bits per heavy atom. The van der Waals surface area contributed by atoms with Crippen LogP contribution in [0.1, 0.15) is 12.2 Å². The van der Waals surface area contributed by atoms with E-state index in [2.05, 4.69) is 20.8 Å². The van der Waals surface area contributed by atoms with Crippen LogP contribution in [0.4, 0.5) is 4.79 Å². The second-order valence-electron chi connectivity index (χ2n) is 3.11. The van der Waals surface area contributed by atoms with Gasteiger partial charge in [-0.3, -0.25) is 4.79 Å². The van der Waals surface area contributed by atoms with E-state index in [1.807, 2.05) is 0 Å². The summed E-state index contributed by atoms with van der Waals surface area (Å²) in [6, 6.07) is -0.427. The molecule has 0 aliphatic rings. The average molecular weight is 227 g/mol. The molecule has 0 bridgehead atoms. The van der Waals surface area contributed by atoms with Crippen LogP contribution in [-0.4, -0.2) is 38.4 Å². The number of carboxylic acids is 1. The average Bonchev–Trinajstić information content (AvgIpc) is 2.60. The predicted octanol–water partition coefficient (Wildman–Crippen LogP) is -0.911. The molecule has 16 heavy (non-hydrogen) atoms. The van der Waals surface area contributed by atoms with Crippen molar-refractivity contribution in [2.45, 2.75) is 13.0 Å². The van der Waals surface area contributed by atoms with Crippen LogP contribution in [-0.2, 0) is 18.4 Å². The molecular weight excluding hydrogens is 214 g/mol. The summed E-state index contributed by atoms with van der Waals surface area (Å²) < 4.78 is 1.68. The van der Waals surface area contributed by atoms with Crippen LogP contribution in [0, 0.1) is 0 Å². The zero-order valence-corrected chi connectivity index (χ0v) is 8.80. The summed E-state index contributed by atoms with van der Waals surface area (Å²) in [4.78, 5) is 21.3. The summed E-state index contributed by atoms with van der Waals surface area (Å²) in [5, 5.41) is 20.7. The van der Waals surface area contributed by atoms with Crippen LogP contribution in [0.2, 0.25) is 0 Å². The molecule has 3 N–H and O–H groups in total. The first kappa shape index (κ1) is 12.0. The maximum atomic E-state index is 11.2. The molecule has 0 aliphatic heterocycles. The van der Waals surface area contributed by atoms with Gasteiger partial charge in [0.1, 0.15) is 6.33 Å². The van der Waals surface area contributed by atoms with Crippen LogP contribution >= 0.6 is 0 Å². The number of aryl methyl sites for hydroxylation is 1. The molecule has 1 rings (SSSR count). The Hall–Kier alpha value is -2.12. The lowest BCUT2D eigenvalue weighted by atomic mass is 10.4. The minimum atomic E-state index is -0.950. The van der Waals surface area contributed by atoms with Crippen LogP contribution in [0.25, 0.3) is 0 Å². The van der Waals surface area contributed by atoms with Gasteiger partial charge in [0, 0.05) is 13.6 Å². The van der Waals surface area contributed by atoms with Crippen molar-refractivity contribution in [3.8, 4) is 0 Å². The monoisotopic (exact) mass is 227 g/mol. The normalized spacial score (nSPS) is 9.81. The number of carboxylic acid groups (broad SMARTS) is 1. The third-order valence-electron chi connectivity index (χ3n) is 1.84. The van der Waals surface area contributed by atoms with Crippen molar-refractivity contribution in [2.75, 3.05) is 6.54 Å². The standard InChI is InChI=1S/C8H13N5O3/c1-13-5-11-12-6(13)4-10-8(16)9-3-2-7(14)15/h5H,2-4H2,1H3,(H,14,15)(H2,9,10,16). The van der Waals surface area contributed by atoms with E-state index < -0.39 is 12.0 Å². The number of rotatable bonds is 5. The fourth-order valence-corrected chi connectivity index (χ4v) is 0.972. The maximum absolute atomic E-state index is 11.2. The van der Waals surface area contributed by atoms with Crippen molar-refractivity contribution in [3.05, 3.63) is 12.2 Å². The molecule has 0 aromatic carbocycles. The van der Waals surface area contributed by atoms with E-state index in [4.69, 9.17) is 5.11 Å². The fraction of sp³-hybridized carbons (Fsp3) is 0.500. The van der Waals surface area contributed by atoms with Gasteiger partial charge in [0.2, 0.25) is 0 Å². The topological polar surface area (TPSA) is 109 Å². The first-order valence-electron chi connectivity index (χ1n) is 4.66. The van der Waals surface area contributed by atoms with Gasteiger partial charge in [-0.15, -0.1) is 10.2 Å². The van der Waals surface area contributed by atoms with E-state index >= 15 is 0 Å². The van der Waals surface area contributed by atoms with Gasteiger partial charge in [-0.05, 0) is 0 Å². The zero-order valence-electron chi connectivity index (χ0n) is 8.80. The minimum absolute atomic E-state index is 0.0972. The van der Waals surface area contributed by atoms with Gasteiger partial charge >= 0.3 is 12.0 Å². The molecule has 2 amide bonds. The molecule has 88 valence electrons. The van der Waals surface area contributed by atoms with Crippen molar-refractivity contribution < 1.29 is 14.7 Å². The first-order chi connectivity index (χ1) is 7.59. The first-order valence-corrected chi connectivity index (χ1v) is 4.66. The summed E-state index contributed by atoms with van der Waals surface area (Å²) in [6.07, 6.45) is 1.43. The van der Waals surface area contributed by atoms with Gasteiger partial charge in [0.05, 0.1) is 13.0 Å². The van der Waals surface area contributed by atoms with Crippen LogP contribution in [0.15, 0.2) is 6.33 Å². The van der Waals surface area contributed by atoms with Crippen molar-refractivity contribution in [2.24, 2.45) is 7.05 Å². The molecule has 0 saturated heterocycles. The van der Waals surface area contributed by atoms with Gasteiger partial charge in [0.25, 0.3) is 0 Å². The van der Waals surface area contributed by atoms with Gasteiger partial charge in [0.15, 0.2) is 5.82 Å². The van der Waals surface area contributed by atoms with E-state index in [1.165, 1.54) is 6.33 Å². The van der Waals surface area contributed by atoms with Crippen molar-refractivity contribution in [1.82, 2.24) is 25.4 Å². The minimum Gasteiger partial charge on any atom is -0.481 e. The molecule has 1 aromatic rings. The SMILES string of the molecule is Cn1cnnc1CNC(=O)NCCC(=O)O. The van der Waals surface area contributed by atoms with E-state index in [1.54, 1.807) is 11.6 Å². The Kier molecular flexibility index (Phi) is 4.25. The van der Waals surface area contributed by atoms with Gasteiger partial charge < -0.3 is 20.3 Å². The van der Waals surface area contributed by atoms with Gasteiger partial charge in [-0.2, -0.15) is 0 Å². The number of carbonyl (C=O) groups excluding carboxylic acids is 1. The molecule has 1 aromatic heterocycles. The third-order valence-corrected chi connectivity index (χ3v) is 1.84.